The van der Waals surface area contributed by atoms with E-state index in [2.05, 4.69) is 25.5 Å². The fraction of sp³-hybridized carbons (Fsp3) is 0.0500. The highest BCUT2D eigenvalue weighted by molar-refractivity contribution is 7.99. The van der Waals surface area contributed by atoms with Crippen LogP contribution in [0.15, 0.2) is 83.0 Å². The highest BCUT2D eigenvalue weighted by Gasteiger charge is 2.20. The summed E-state index contributed by atoms with van der Waals surface area (Å²) in [4.78, 5) is 0. The molecule has 0 aliphatic heterocycles. The van der Waals surface area contributed by atoms with Gasteiger partial charge in [-0.3, -0.25) is 4.57 Å². The first kappa shape index (κ1) is 18.4. The maximum Gasteiger partial charge on any atom is 0.299 e. The van der Waals surface area contributed by atoms with Gasteiger partial charge in [0.05, 0.1) is 0 Å². The molecule has 5 rings (SSSR count). The van der Waals surface area contributed by atoms with Crippen LogP contribution in [0.4, 0.5) is 8.78 Å². The number of benzene rings is 2. The molecule has 0 saturated carbocycles. The van der Waals surface area contributed by atoms with E-state index in [1.54, 1.807) is 12.1 Å². The molecule has 0 bridgehead atoms. The molecule has 0 amide bonds. The molecular weight excluding hydrogens is 408 g/mol. The Morgan fingerprint density at radius 2 is 1.50 bits per heavy atom. The van der Waals surface area contributed by atoms with Gasteiger partial charge < -0.3 is 0 Å². The fourth-order valence-electron chi connectivity index (χ4n) is 2.99. The summed E-state index contributed by atoms with van der Waals surface area (Å²) < 4.78 is 29.3. The highest BCUT2D eigenvalue weighted by Crippen LogP contribution is 2.31. The molecule has 0 aliphatic carbocycles. The van der Waals surface area contributed by atoms with Crippen molar-refractivity contribution in [2.24, 2.45) is 0 Å². The molecule has 5 aromatic rings. The normalized spacial score (nSPS) is 11.4. The summed E-state index contributed by atoms with van der Waals surface area (Å²) in [6.45, 7) is 0. The number of rotatable bonds is 5. The van der Waals surface area contributed by atoms with Gasteiger partial charge in [0.2, 0.25) is 11.0 Å². The molecule has 0 saturated heterocycles. The van der Waals surface area contributed by atoms with E-state index in [4.69, 9.17) is 0 Å². The van der Waals surface area contributed by atoms with E-state index in [1.165, 1.54) is 11.8 Å². The van der Waals surface area contributed by atoms with Crippen LogP contribution in [-0.4, -0.2) is 34.6 Å². The highest BCUT2D eigenvalue weighted by atomic mass is 32.2. The monoisotopic (exact) mass is 421 g/mol. The minimum atomic E-state index is -2.77. The Bertz CT molecular complexity index is 1300. The third kappa shape index (κ3) is 3.30. The van der Waals surface area contributed by atoms with Crippen LogP contribution >= 0.6 is 11.8 Å². The Morgan fingerprint density at radius 1 is 0.767 bits per heavy atom. The van der Waals surface area contributed by atoms with Crippen LogP contribution in [0.5, 0.6) is 0 Å². The molecule has 0 spiro atoms. The molecule has 0 unspecified atom stereocenters. The van der Waals surface area contributed by atoms with Crippen molar-refractivity contribution in [1.29, 1.82) is 0 Å². The van der Waals surface area contributed by atoms with Crippen LogP contribution in [0.25, 0.3) is 22.7 Å². The smallest absolute Gasteiger partial charge is 0.270 e. The number of para-hydroxylation sites is 1. The summed E-state index contributed by atoms with van der Waals surface area (Å²) in [5.41, 5.74) is 2.04. The molecule has 0 fully saturated rings. The summed E-state index contributed by atoms with van der Waals surface area (Å²) in [5, 5.41) is 21.2. The summed E-state index contributed by atoms with van der Waals surface area (Å²) in [5.74, 6) is 0.171. The van der Waals surface area contributed by atoms with E-state index in [0.717, 1.165) is 15.8 Å². The van der Waals surface area contributed by atoms with Crippen LogP contribution in [0, 0.1) is 0 Å². The van der Waals surface area contributed by atoms with E-state index in [0.29, 0.717) is 16.0 Å². The van der Waals surface area contributed by atoms with Crippen molar-refractivity contribution in [3.8, 4) is 17.1 Å². The Kier molecular flexibility index (Phi) is 4.68. The summed E-state index contributed by atoms with van der Waals surface area (Å²) in [6.07, 6.45) is -2.77. The molecule has 0 N–H and O–H groups in total. The van der Waals surface area contributed by atoms with Gasteiger partial charge in [0.25, 0.3) is 6.43 Å². The quantitative estimate of drug-likeness (QED) is 0.417. The van der Waals surface area contributed by atoms with E-state index < -0.39 is 12.2 Å². The molecule has 7 nitrogen and oxygen atoms in total. The molecule has 30 heavy (non-hydrogen) atoms. The average molecular weight is 421 g/mol. The van der Waals surface area contributed by atoms with Gasteiger partial charge in [-0.2, -0.15) is 9.61 Å². The van der Waals surface area contributed by atoms with Crippen LogP contribution in [0.2, 0.25) is 0 Å². The molecule has 0 atom stereocenters. The third-order valence-corrected chi connectivity index (χ3v) is 5.21. The SMILES string of the molecule is FC(F)c1nnc2ccc(Sc3nnc(-c4ccccc4)n3-c3ccccc3)nn12. The van der Waals surface area contributed by atoms with Crippen molar-refractivity contribution in [3.05, 3.63) is 78.6 Å². The predicted molar refractivity (Wildman–Crippen MR) is 107 cm³/mol. The number of nitrogens with zero attached hydrogens (tertiary/aromatic N) is 7. The first-order valence-corrected chi connectivity index (χ1v) is 9.77. The van der Waals surface area contributed by atoms with Crippen molar-refractivity contribution in [2.45, 2.75) is 16.6 Å². The second-order valence-corrected chi connectivity index (χ2v) is 7.23. The topological polar surface area (TPSA) is 73.8 Å². The van der Waals surface area contributed by atoms with E-state index in [-0.39, 0.29) is 5.65 Å². The lowest BCUT2D eigenvalue weighted by Gasteiger charge is -2.10. The predicted octanol–water partition coefficient (Wildman–Crippen LogP) is 4.46. The van der Waals surface area contributed by atoms with Crippen molar-refractivity contribution in [2.75, 3.05) is 0 Å². The van der Waals surface area contributed by atoms with Gasteiger partial charge in [0.1, 0.15) is 5.03 Å². The molecule has 2 aromatic carbocycles. The Balaban J connectivity index is 1.61. The van der Waals surface area contributed by atoms with Gasteiger partial charge in [-0.1, -0.05) is 48.5 Å². The van der Waals surface area contributed by atoms with E-state index in [1.807, 2.05) is 65.2 Å². The van der Waals surface area contributed by atoms with Crippen LogP contribution < -0.4 is 0 Å². The lowest BCUT2D eigenvalue weighted by Crippen LogP contribution is -2.02. The van der Waals surface area contributed by atoms with Gasteiger partial charge in [-0.05, 0) is 36.0 Å². The standard InChI is InChI=1S/C20H13F2N7S/c21-17(22)19-25-23-15-11-12-16(27-29(15)19)30-20-26-24-18(13-7-3-1-4-8-13)28(20)14-9-5-2-6-10-14/h1-12,17H. The summed E-state index contributed by atoms with van der Waals surface area (Å²) in [6, 6.07) is 22.7. The number of halogens is 2. The molecule has 3 heterocycles. The maximum atomic E-state index is 13.2. The summed E-state index contributed by atoms with van der Waals surface area (Å²) >= 11 is 1.22. The fourth-order valence-corrected chi connectivity index (χ4v) is 3.80. The van der Waals surface area contributed by atoms with Gasteiger partial charge in [-0.25, -0.2) is 8.78 Å². The first-order valence-electron chi connectivity index (χ1n) is 8.95. The Hall–Kier alpha value is -3.66. The van der Waals surface area contributed by atoms with E-state index >= 15 is 0 Å². The number of hydrogen-bond acceptors (Lipinski definition) is 6. The number of fused-ring (bicyclic) bond motifs is 1. The van der Waals surface area contributed by atoms with Crippen molar-refractivity contribution in [1.82, 2.24) is 34.6 Å². The van der Waals surface area contributed by atoms with Crippen molar-refractivity contribution < 1.29 is 8.78 Å². The molecule has 0 aliphatic rings. The van der Waals surface area contributed by atoms with Gasteiger partial charge in [-0.15, -0.1) is 20.4 Å². The van der Waals surface area contributed by atoms with Crippen LogP contribution in [0.1, 0.15) is 12.2 Å². The molecule has 10 heteroatoms. The zero-order chi connectivity index (χ0) is 20.5. The summed E-state index contributed by atoms with van der Waals surface area (Å²) in [7, 11) is 0. The molecule has 3 aromatic heterocycles. The maximum absolute atomic E-state index is 13.2. The minimum absolute atomic E-state index is 0.254. The lowest BCUT2D eigenvalue weighted by atomic mass is 10.2. The largest absolute Gasteiger partial charge is 0.299 e. The number of alkyl halides is 2. The van der Waals surface area contributed by atoms with Gasteiger partial charge in [0, 0.05) is 11.3 Å². The second kappa shape index (κ2) is 7.64. The molecular formula is C20H13F2N7S. The lowest BCUT2D eigenvalue weighted by molar-refractivity contribution is 0.137. The van der Waals surface area contributed by atoms with Gasteiger partial charge in [0.15, 0.2) is 11.5 Å². The average Bonchev–Trinajstić information content (AvgIpc) is 3.39. The zero-order valence-electron chi connectivity index (χ0n) is 15.3. The minimum Gasteiger partial charge on any atom is -0.270 e. The van der Waals surface area contributed by atoms with Crippen LogP contribution in [-0.2, 0) is 0 Å². The number of aromatic nitrogens is 7. The molecule has 148 valence electrons. The number of hydrogen-bond donors (Lipinski definition) is 0. The third-order valence-electron chi connectivity index (χ3n) is 4.33. The van der Waals surface area contributed by atoms with Crippen LogP contribution in [0.3, 0.4) is 0 Å². The first-order chi connectivity index (χ1) is 14.7. The Morgan fingerprint density at radius 3 is 2.23 bits per heavy atom. The Labute approximate surface area is 173 Å². The van der Waals surface area contributed by atoms with E-state index in [9.17, 15) is 8.78 Å². The molecule has 0 radical (unpaired) electrons. The zero-order valence-corrected chi connectivity index (χ0v) is 16.1. The van der Waals surface area contributed by atoms with Crippen molar-refractivity contribution in [3.63, 3.8) is 0 Å². The second-order valence-electron chi connectivity index (χ2n) is 6.25. The van der Waals surface area contributed by atoms with Gasteiger partial charge >= 0.3 is 0 Å². The van der Waals surface area contributed by atoms with Crippen molar-refractivity contribution >= 4 is 17.4 Å².